The van der Waals surface area contributed by atoms with Gasteiger partial charge in [-0.05, 0) is 19.1 Å². The number of hydrogen-bond donors (Lipinski definition) is 2. The Balaban J connectivity index is 3.10. The third-order valence-corrected chi connectivity index (χ3v) is 2.93. The first kappa shape index (κ1) is 17.4. The molecule has 0 heterocycles. The van der Waals surface area contributed by atoms with Gasteiger partial charge in [-0.25, -0.2) is 4.79 Å². The van der Waals surface area contributed by atoms with Gasteiger partial charge >= 0.3 is 11.7 Å². The maximum Gasteiger partial charge on any atom is 0.331 e. The topological polar surface area (TPSA) is 128 Å². The minimum absolute atomic E-state index is 0.000521. The molecule has 0 aromatic heterocycles. The number of benzene rings is 1. The molecule has 0 spiro atoms. The van der Waals surface area contributed by atoms with Crippen molar-refractivity contribution < 1.29 is 29.1 Å². The van der Waals surface area contributed by atoms with Gasteiger partial charge in [-0.3, -0.25) is 14.9 Å². The van der Waals surface area contributed by atoms with E-state index in [9.17, 15) is 19.7 Å². The number of carbonyl (C=O) groups is 2. The summed E-state index contributed by atoms with van der Waals surface area (Å²) in [4.78, 5) is 33.6. The van der Waals surface area contributed by atoms with Crippen molar-refractivity contribution in [2.24, 2.45) is 0 Å². The maximum atomic E-state index is 12.1. The SMILES string of the molecule is COCC(C)(NC(=O)c1ccc(OC)c([N+](=O)[O-])c1)C(=O)O. The number of nitrogens with zero attached hydrogens (tertiary/aromatic N) is 1. The Hall–Kier alpha value is -2.68. The van der Waals surface area contributed by atoms with Gasteiger partial charge in [0.25, 0.3) is 5.91 Å². The Kier molecular flexibility index (Phi) is 5.41. The third-order valence-electron chi connectivity index (χ3n) is 2.93. The molecule has 1 atom stereocenters. The van der Waals surface area contributed by atoms with Crippen molar-refractivity contribution in [2.75, 3.05) is 20.8 Å². The summed E-state index contributed by atoms with van der Waals surface area (Å²) in [5.74, 6) is -2.06. The lowest BCUT2D eigenvalue weighted by Crippen LogP contribution is -2.55. The molecule has 1 rings (SSSR count). The largest absolute Gasteiger partial charge is 0.490 e. The van der Waals surface area contributed by atoms with Gasteiger partial charge in [0.2, 0.25) is 0 Å². The third kappa shape index (κ3) is 3.70. The molecule has 1 aromatic rings. The van der Waals surface area contributed by atoms with Crippen molar-refractivity contribution in [2.45, 2.75) is 12.5 Å². The number of carboxylic acids is 1. The summed E-state index contributed by atoms with van der Waals surface area (Å²) < 4.78 is 9.61. The fourth-order valence-corrected chi connectivity index (χ4v) is 1.74. The molecule has 1 amide bonds. The number of nitro groups is 1. The van der Waals surface area contributed by atoms with E-state index in [4.69, 9.17) is 14.6 Å². The fourth-order valence-electron chi connectivity index (χ4n) is 1.74. The molecule has 1 unspecified atom stereocenters. The van der Waals surface area contributed by atoms with Gasteiger partial charge in [-0.2, -0.15) is 0 Å². The number of carboxylic acid groups (broad SMARTS) is 1. The predicted octanol–water partition coefficient (Wildman–Crippen LogP) is 0.823. The molecule has 9 nitrogen and oxygen atoms in total. The molecule has 120 valence electrons. The van der Waals surface area contributed by atoms with E-state index in [-0.39, 0.29) is 23.6 Å². The van der Waals surface area contributed by atoms with Gasteiger partial charge in [-0.15, -0.1) is 0 Å². The predicted molar refractivity (Wildman–Crippen MR) is 75.0 cm³/mol. The zero-order valence-corrected chi connectivity index (χ0v) is 12.3. The highest BCUT2D eigenvalue weighted by Crippen LogP contribution is 2.27. The first-order valence-electron chi connectivity index (χ1n) is 6.12. The van der Waals surface area contributed by atoms with Crippen LogP contribution in [-0.4, -0.2) is 48.3 Å². The van der Waals surface area contributed by atoms with Gasteiger partial charge < -0.3 is 19.9 Å². The van der Waals surface area contributed by atoms with Crippen molar-refractivity contribution in [1.29, 1.82) is 0 Å². The molecule has 0 bridgehead atoms. The zero-order chi connectivity index (χ0) is 16.9. The number of amides is 1. The summed E-state index contributed by atoms with van der Waals surface area (Å²) in [5, 5.41) is 22.4. The molecular weight excluding hydrogens is 296 g/mol. The van der Waals surface area contributed by atoms with Crippen molar-refractivity contribution in [3.8, 4) is 5.75 Å². The number of nitro benzene ring substituents is 1. The van der Waals surface area contributed by atoms with Crippen LogP contribution in [0.4, 0.5) is 5.69 Å². The average molecular weight is 312 g/mol. The molecule has 9 heteroatoms. The van der Waals surface area contributed by atoms with Crippen LogP contribution in [0.2, 0.25) is 0 Å². The van der Waals surface area contributed by atoms with E-state index in [1.54, 1.807) is 0 Å². The average Bonchev–Trinajstić information content (AvgIpc) is 2.46. The van der Waals surface area contributed by atoms with Crippen LogP contribution < -0.4 is 10.1 Å². The molecule has 0 aliphatic heterocycles. The quantitative estimate of drug-likeness (QED) is 0.563. The molecule has 0 aliphatic rings. The zero-order valence-electron chi connectivity index (χ0n) is 12.3. The lowest BCUT2D eigenvalue weighted by molar-refractivity contribution is -0.385. The van der Waals surface area contributed by atoms with Crippen LogP contribution in [0.5, 0.6) is 5.75 Å². The van der Waals surface area contributed by atoms with Crippen LogP contribution in [-0.2, 0) is 9.53 Å². The highest BCUT2D eigenvalue weighted by atomic mass is 16.6. The Morgan fingerprint density at radius 3 is 2.50 bits per heavy atom. The number of hydrogen-bond acceptors (Lipinski definition) is 6. The van der Waals surface area contributed by atoms with E-state index in [1.807, 2.05) is 0 Å². The highest BCUT2D eigenvalue weighted by molar-refractivity contribution is 5.98. The normalized spacial score (nSPS) is 13.0. The summed E-state index contributed by atoms with van der Waals surface area (Å²) in [5.41, 5.74) is -2.10. The number of carbonyl (C=O) groups excluding carboxylic acids is 1. The smallest absolute Gasteiger partial charge is 0.331 e. The number of nitrogens with one attached hydrogen (secondary N) is 1. The van der Waals surface area contributed by atoms with E-state index in [0.717, 1.165) is 6.07 Å². The van der Waals surface area contributed by atoms with Gasteiger partial charge in [-0.1, -0.05) is 0 Å². The molecule has 0 radical (unpaired) electrons. The van der Waals surface area contributed by atoms with Crippen LogP contribution in [0, 0.1) is 10.1 Å². The first-order valence-corrected chi connectivity index (χ1v) is 6.12. The molecule has 1 aromatic carbocycles. The Bertz CT molecular complexity index is 602. The molecule has 0 aliphatic carbocycles. The Morgan fingerprint density at radius 1 is 1.41 bits per heavy atom. The molecule has 22 heavy (non-hydrogen) atoms. The minimum Gasteiger partial charge on any atom is -0.490 e. The summed E-state index contributed by atoms with van der Waals surface area (Å²) in [6, 6.07) is 3.58. The second-order valence-electron chi connectivity index (χ2n) is 4.67. The number of methoxy groups -OCH3 is 2. The minimum atomic E-state index is -1.65. The molecule has 0 fully saturated rings. The van der Waals surface area contributed by atoms with E-state index < -0.39 is 22.3 Å². The number of aliphatic carboxylic acids is 1. The maximum absolute atomic E-state index is 12.1. The van der Waals surface area contributed by atoms with Crippen molar-refractivity contribution in [3.63, 3.8) is 0 Å². The molecule has 0 saturated carbocycles. The van der Waals surface area contributed by atoms with Gasteiger partial charge in [0, 0.05) is 18.7 Å². The van der Waals surface area contributed by atoms with Crippen molar-refractivity contribution in [3.05, 3.63) is 33.9 Å². The number of ether oxygens (including phenoxy) is 2. The first-order chi connectivity index (χ1) is 10.2. The Labute approximate surface area is 126 Å². The molecular formula is C13H16N2O7. The molecule has 2 N–H and O–H groups in total. The number of rotatable bonds is 7. The van der Waals surface area contributed by atoms with Gasteiger partial charge in [0.15, 0.2) is 11.3 Å². The van der Waals surface area contributed by atoms with Crippen LogP contribution in [0.3, 0.4) is 0 Å². The van der Waals surface area contributed by atoms with Gasteiger partial charge in [0.05, 0.1) is 18.6 Å². The summed E-state index contributed by atoms with van der Waals surface area (Å²) in [7, 11) is 2.56. The van der Waals surface area contributed by atoms with E-state index >= 15 is 0 Å². The van der Waals surface area contributed by atoms with Crippen molar-refractivity contribution in [1.82, 2.24) is 5.32 Å². The Morgan fingerprint density at radius 2 is 2.05 bits per heavy atom. The van der Waals surface area contributed by atoms with Crippen LogP contribution in [0.15, 0.2) is 18.2 Å². The lowest BCUT2D eigenvalue weighted by atomic mass is 10.0. The van der Waals surface area contributed by atoms with Crippen LogP contribution in [0.1, 0.15) is 17.3 Å². The van der Waals surface area contributed by atoms with E-state index in [0.29, 0.717) is 0 Å². The van der Waals surface area contributed by atoms with E-state index in [2.05, 4.69) is 5.32 Å². The van der Waals surface area contributed by atoms with Crippen molar-refractivity contribution >= 4 is 17.6 Å². The standard InChI is InChI=1S/C13H16N2O7/c1-13(7-21-2,12(17)18)14-11(16)8-4-5-10(22-3)9(6-8)15(19)20/h4-6H,7H2,1-3H3,(H,14,16)(H,17,18). The lowest BCUT2D eigenvalue weighted by Gasteiger charge is -2.25. The van der Waals surface area contributed by atoms with Crippen LogP contribution >= 0.6 is 0 Å². The second kappa shape index (κ2) is 6.85. The summed E-state index contributed by atoms with van der Waals surface area (Å²) in [6.45, 7) is 1.01. The van der Waals surface area contributed by atoms with Crippen LogP contribution in [0.25, 0.3) is 0 Å². The van der Waals surface area contributed by atoms with E-state index in [1.165, 1.54) is 33.3 Å². The monoisotopic (exact) mass is 312 g/mol. The fraction of sp³-hybridized carbons (Fsp3) is 0.385. The van der Waals surface area contributed by atoms with Gasteiger partial charge in [0.1, 0.15) is 0 Å². The molecule has 0 saturated heterocycles. The summed E-state index contributed by atoms with van der Waals surface area (Å²) >= 11 is 0. The second-order valence-corrected chi connectivity index (χ2v) is 4.67. The highest BCUT2D eigenvalue weighted by Gasteiger charge is 2.35. The summed E-state index contributed by atoms with van der Waals surface area (Å²) in [6.07, 6.45) is 0.